The maximum absolute atomic E-state index is 12.0. The number of nitrogens with two attached hydrogens (primary N) is 1. The number of ether oxygens (including phenoxy) is 1. The average molecular weight is 340 g/mol. The van der Waals surface area contributed by atoms with Crippen LogP contribution in [0.3, 0.4) is 0 Å². The van der Waals surface area contributed by atoms with Crippen molar-refractivity contribution in [3.05, 3.63) is 34.9 Å². The summed E-state index contributed by atoms with van der Waals surface area (Å²) in [4.78, 5) is 14.3. The molecular weight excluding hydrogens is 314 g/mol. The third-order valence-corrected chi connectivity index (χ3v) is 4.31. The number of amides is 1. The Morgan fingerprint density at radius 1 is 1.35 bits per heavy atom. The third-order valence-electron chi connectivity index (χ3n) is 4.06. The van der Waals surface area contributed by atoms with Gasteiger partial charge < -0.3 is 15.8 Å². The maximum atomic E-state index is 12.0. The Morgan fingerprint density at radius 2 is 2.00 bits per heavy atom. The van der Waals surface area contributed by atoms with Crippen molar-refractivity contribution in [2.45, 2.75) is 31.8 Å². The van der Waals surface area contributed by atoms with E-state index >= 15 is 0 Å². The molecule has 0 aliphatic carbocycles. The molecule has 1 saturated heterocycles. The van der Waals surface area contributed by atoms with Crippen molar-refractivity contribution in [3.8, 4) is 0 Å². The van der Waals surface area contributed by atoms with E-state index in [1.807, 2.05) is 31.2 Å². The van der Waals surface area contributed by atoms with Gasteiger partial charge in [-0.1, -0.05) is 23.7 Å². The summed E-state index contributed by atoms with van der Waals surface area (Å²) in [7, 11) is 0. The zero-order valence-corrected chi connectivity index (χ0v) is 14.4. The molecule has 1 aromatic carbocycles. The van der Waals surface area contributed by atoms with E-state index in [9.17, 15) is 4.79 Å². The van der Waals surface area contributed by atoms with E-state index in [0.29, 0.717) is 19.4 Å². The summed E-state index contributed by atoms with van der Waals surface area (Å²) in [6.07, 6.45) is 1.17. The average Bonchev–Trinajstić information content (AvgIpc) is 2.55. The second-order valence-corrected chi connectivity index (χ2v) is 6.47. The van der Waals surface area contributed by atoms with Crippen LogP contribution in [0.15, 0.2) is 24.3 Å². The van der Waals surface area contributed by atoms with Crippen molar-refractivity contribution in [1.82, 2.24) is 10.2 Å². The highest BCUT2D eigenvalue weighted by Crippen LogP contribution is 2.23. The fourth-order valence-electron chi connectivity index (χ4n) is 2.69. The van der Waals surface area contributed by atoms with Gasteiger partial charge in [0, 0.05) is 37.1 Å². The van der Waals surface area contributed by atoms with E-state index in [4.69, 9.17) is 22.1 Å². The Labute approximate surface area is 143 Å². The van der Waals surface area contributed by atoms with Gasteiger partial charge in [-0.05, 0) is 31.0 Å². The minimum absolute atomic E-state index is 0.0482. The van der Waals surface area contributed by atoms with Gasteiger partial charge in [0.05, 0.1) is 19.3 Å². The second-order valence-electron chi connectivity index (χ2n) is 6.04. The zero-order valence-electron chi connectivity index (χ0n) is 13.6. The number of hydrogen-bond donors (Lipinski definition) is 2. The van der Waals surface area contributed by atoms with Gasteiger partial charge in [0.25, 0.3) is 0 Å². The number of nitrogens with zero attached hydrogens (tertiary/aromatic N) is 1. The van der Waals surface area contributed by atoms with Crippen molar-refractivity contribution in [2.75, 3.05) is 32.8 Å². The monoisotopic (exact) mass is 339 g/mol. The van der Waals surface area contributed by atoms with Crippen molar-refractivity contribution < 1.29 is 9.53 Å². The first-order chi connectivity index (χ1) is 11.1. The maximum Gasteiger partial charge on any atom is 0.220 e. The summed E-state index contributed by atoms with van der Waals surface area (Å²) >= 11 is 5.99. The lowest BCUT2D eigenvalue weighted by Crippen LogP contribution is -2.43. The summed E-state index contributed by atoms with van der Waals surface area (Å²) < 4.78 is 5.43. The largest absolute Gasteiger partial charge is 0.379 e. The third kappa shape index (κ3) is 6.11. The fourth-order valence-corrected chi connectivity index (χ4v) is 2.82. The van der Waals surface area contributed by atoms with Crippen molar-refractivity contribution in [2.24, 2.45) is 5.73 Å². The molecule has 1 aliphatic rings. The minimum Gasteiger partial charge on any atom is -0.379 e. The van der Waals surface area contributed by atoms with Gasteiger partial charge in [-0.3, -0.25) is 9.69 Å². The van der Waals surface area contributed by atoms with Gasteiger partial charge in [0.1, 0.15) is 0 Å². The quantitative estimate of drug-likeness (QED) is 0.797. The number of halogens is 1. The second kappa shape index (κ2) is 9.23. The lowest BCUT2D eigenvalue weighted by atomic mass is 10.0. The molecule has 0 aromatic heterocycles. The Hall–Kier alpha value is -1.14. The molecule has 0 spiro atoms. The highest BCUT2D eigenvalue weighted by molar-refractivity contribution is 6.30. The van der Waals surface area contributed by atoms with Crippen LogP contribution in [0.4, 0.5) is 0 Å². The number of hydrogen-bond acceptors (Lipinski definition) is 4. The van der Waals surface area contributed by atoms with Crippen molar-refractivity contribution >= 4 is 17.5 Å². The standard InChI is InChI=1S/C17H26ClN3O2/c1-13(19)2-7-17(22)20-12-16(21-8-10-23-11-9-21)14-3-5-15(18)6-4-14/h3-6,13,16H,2,7-12,19H2,1H3,(H,20,22). The molecule has 2 unspecified atom stereocenters. The van der Waals surface area contributed by atoms with Gasteiger partial charge in [-0.25, -0.2) is 0 Å². The van der Waals surface area contributed by atoms with Crippen molar-refractivity contribution in [1.29, 1.82) is 0 Å². The Bertz CT molecular complexity index is 487. The van der Waals surface area contributed by atoms with Gasteiger partial charge in [0.15, 0.2) is 0 Å². The number of nitrogens with one attached hydrogen (secondary N) is 1. The van der Waals surface area contributed by atoms with Crippen molar-refractivity contribution in [3.63, 3.8) is 0 Å². The molecule has 5 nitrogen and oxygen atoms in total. The highest BCUT2D eigenvalue weighted by Gasteiger charge is 2.23. The van der Waals surface area contributed by atoms with Crippen LogP contribution in [0.5, 0.6) is 0 Å². The van der Waals surface area contributed by atoms with Gasteiger partial charge >= 0.3 is 0 Å². The van der Waals surface area contributed by atoms with Gasteiger partial charge in [-0.15, -0.1) is 0 Å². The predicted molar refractivity (Wildman–Crippen MR) is 92.5 cm³/mol. The predicted octanol–water partition coefficient (Wildman–Crippen LogP) is 1.96. The molecule has 0 radical (unpaired) electrons. The molecule has 0 saturated carbocycles. The summed E-state index contributed by atoms with van der Waals surface area (Å²) in [5, 5.41) is 3.76. The highest BCUT2D eigenvalue weighted by atomic mass is 35.5. The van der Waals surface area contributed by atoms with Crippen LogP contribution in [0.25, 0.3) is 0 Å². The van der Waals surface area contributed by atoms with Crippen LogP contribution in [-0.2, 0) is 9.53 Å². The van der Waals surface area contributed by atoms with Gasteiger partial charge in [-0.2, -0.15) is 0 Å². The summed E-state index contributed by atoms with van der Waals surface area (Å²) in [5.41, 5.74) is 6.86. The van der Waals surface area contributed by atoms with E-state index in [1.165, 1.54) is 0 Å². The first-order valence-corrected chi connectivity index (χ1v) is 8.53. The molecule has 128 valence electrons. The summed E-state index contributed by atoms with van der Waals surface area (Å²) in [5.74, 6) is 0.0505. The molecule has 1 heterocycles. The minimum atomic E-state index is 0.0482. The Morgan fingerprint density at radius 3 is 2.61 bits per heavy atom. The zero-order chi connectivity index (χ0) is 16.7. The van der Waals surface area contributed by atoms with Gasteiger partial charge in [0.2, 0.25) is 5.91 Å². The van der Waals surface area contributed by atoms with Crippen LogP contribution < -0.4 is 11.1 Å². The number of benzene rings is 1. The fraction of sp³-hybridized carbons (Fsp3) is 0.588. The van der Waals surface area contributed by atoms with E-state index in [2.05, 4.69) is 10.2 Å². The van der Waals surface area contributed by atoms with Crippen LogP contribution >= 0.6 is 11.6 Å². The summed E-state index contributed by atoms with van der Waals surface area (Å²) in [6.45, 7) is 5.67. The molecule has 1 amide bonds. The van der Waals surface area contributed by atoms with Crippen LogP contribution in [0.1, 0.15) is 31.4 Å². The summed E-state index contributed by atoms with van der Waals surface area (Å²) in [6, 6.07) is 8.01. The number of rotatable bonds is 7. The smallest absolute Gasteiger partial charge is 0.220 e. The van der Waals surface area contributed by atoms with E-state index < -0.39 is 0 Å². The van der Waals surface area contributed by atoms with E-state index in [1.54, 1.807) is 0 Å². The SMILES string of the molecule is CC(N)CCC(=O)NCC(c1ccc(Cl)cc1)N1CCOCC1. The van der Waals surface area contributed by atoms with Crippen LogP contribution in [0, 0.1) is 0 Å². The van der Waals surface area contributed by atoms with Crippen LogP contribution in [-0.4, -0.2) is 49.7 Å². The molecule has 6 heteroatoms. The Kier molecular flexibility index (Phi) is 7.30. The number of carbonyl (C=O) groups is 1. The van der Waals surface area contributed by atoms with Crippen LogP contribution in [0.2, 0.25) is 5.02 Å². The normalized spacial score (nSPS) is 18.4. The topological polar surface area (TPSA) is 67.6 Å². The molecule has 2 rings (SSSR count). The number of carbonyl (C=O) groups excluding carboxylic acids is 1. The first-order valence-electron chi connectivity index (χ1n) is 8.16. The molecule has 1 fully saturated rings. The molecule has 2 atom stereocenters. The first kappa shape index (κ1) is 18.2. The molecule has 1 aliphatic heterocycles. The molecular formula is C17H26ClN3O2. The lowest BCUT2D eigenvalue weighted by molar-refractivity contribution is -0.121. The van der Waals surface area contributed by atoms with E-state index in [-0.39, 0.29) is 18.0 Å². The number of morpholine rings is 1. The Balaban J connectivity index is 1.98. The molecule has 3 N–H and O–H groups in total. The molecule has 23 heavy (non-hydrogen) atoms. The molecule has 0 bridgehead atoms. The molecule has 1 aromatic rings. The lowest BCUT2D eigenvalue weighted by Gasteiger charge is -2.35. The van der Waals surface area contributed by atoms with E-state index in [0.717, 1.165) is 36.9 Å².